The van der Waals surface area contributed by atoms with Crippen LogP contribution < -0.4 is 19.7 Å². The highest BCUT2D eigenvalue weighted by molar-refractivity contribution is 7.80. The Morgan fingerprint density at radius 2 is 1.30 bits per heavy atom. The number of piperazine rings is 1. The Balaban J connectivity index is 1.19. The Morgan fingerprint density at radius 1 is 0.758 bits per heavy atom. The zero-order valence-corrected chi connectivity index (χ0v) is 19.2. The number of carbonyl (C=O) groups is 1. The number of ether oxygens (including phenoxy) is 2. The second-order valence-corrected chi connectivity index (χ2v) is 7.99. The molecule has 4 rings (SSSR count). The fourth-order valence-corrected chi connectivity index (χ4v) is 3.87. The van der Waals surface area contributed by atoms with Crippen molar-refractivity contribution in [1.29, 1.82) is 0 Å². The van der Waals surface area contributed by atoms with E-state index in [9.17, 15) is 4.79 Å². The van der Waals surface area contributed by atoms with Gasteiger partial charge in [-0.25, -0.2) is 0 Å². The van der Waals surface area contributed by atoms with Gasteiger partial charge in [0.25, 0.3) is 5.91 Å². The van der Waals surface area contributed by atoms with Crippen molar-refractivity contribution in [3.05, 3.63) is 90.5 Å². The first kappa shape index (κ1) is 22.6. The minimum absolute atomic E-state index is 0.218. The Labute approximate surface area is 199 Å². The van der Waals surface area contributed by atoms with Gasteiger partial charge in [-0.1, -0.05) is 36.4 Å². The predicted octanol–water partition coefficient (Wildman–Crippen LogP) is 3.98. The molecule has 33 heavy (non-hydrogen) atoms. The van der Waals surface area contributed by atoms with Crippen molar-refractivity contribution in [3.8, 4) is 11.5 Å². The number of nitrogens with one attached hydrogen (secondary N) is 1. The highest BCUT2D eigenvalue weighted by Crippen LogP contribution is 2.16. The average molecular weight is 462 g/mol. The Morgan fingerprint density at radius 3 is 1.91 bits per heavy atom. The van der Waals surface area contributed by atoms with E-state index in [0.29, 0.717) is 29.6 Å². The van der Waals surface area contributed by atoms with Crippen molar-refractivity contribution < 1.29 is 14.3 Å². The quantitative estimate of drug-likeness (QED) is 0.424. The molecule has 1 heterocycles. The number of rotatable bonds is 7. The number of amides is 1. The van der Waals surface area contributed by atoms with Crippen LogP contribution >= 0.6 is 12.2 Å². The van der Waals surface area contributed by atoms with E-state index in [1.807, 2.05) is 53.4 Å². The third-order valence-electron chi connectivity index (χ3n) is 5.39. The molecule has 170 valence electrons. The molecule has 1 saturated heterocycles. The summed E-state index contributed by atoms with van der Waals surface area (Å²) in [5, 5.41) is 3.31. The molecule has 3 aromatic rings. The minimum Gasteiger partial charge on any atom is -0.490 e. The summed E-state index contributed by atoms with van der Waals surface area (Å²) in [6, 6.07) is 27.0. The normalized spacial score (nSPS) is 13.3. The van der Waals surface area contributed by atoms with Crippen molar-refractivity contribution in [2.75, 3.05) is 44.3 Å². The van der Waals surface area contributed by atoms with E-state index in [2.05, 4.69) is 22.3 Å². The van der Waals surface area contributed by atoms with Crippen LogP contribution in [-0.4, -0.2) is 55.3 Å². The van der Waals surface area contributed by atoms with Crippen LogP contribution in [0.2, 0.25) is 0 Å². The largest absolute Gasteiger partial charge is 0.490 e. The monoisotopic (exact) mass is 461 g/mol. The first-order valence-corrected chi connectivity index (χ1v) is 11.4. The second kappa shape index (κ2) is 11.3. The standard InChI is InChI=1S/C26H27N3O3S/c30-25(27-26(33)29-17-15-28(16-18-29)22-7-3-1-4-8-22)21-11-13-24(14-12-21)32-20-19-31-23-9-5-2-6-10-23/h1-14H,15-20H2,(H,27,30,33). The summed E-state index contributed by atoms with van der Waals surface area (Å²) < 4.78 is 11.3. The molecule has 1 aliphatic heterocycles. The van der Waals surface area contributed by atoms with E-state index in [-0.39, 0.29) is 5.91 Å². The molecule has 0 saturated carbocycles. The highest BCUT2D eigenvalue weighted by atomic mass is 32.1. The third-order valence-corrected chi connectivity index (χ3v) is 5.75. The summed E-state index contributed by atoms with van der Waals surface area (Å²) >= 11 is 5.48. The topological polar surface area (TPSA) is 54.0 Å². The van der Waals surface area contributed by atoms with Gasteiger partial charge >= 0.3 is 0 Å². The van der Waals surface area contributed by atoms with Crippen LogP contribution in [0.4, 0.5) is 5.69 Å². The molecule has 1 amide bonds. The van der Waals surface area contributed by atoms with E-state index >= 15 is 0 Å². The number of thiocarbonyl (C=S) groups is 1. The van der Waals surface area contributed by atoms with Gasteiger partial charge in [0.1, 0.15) is 24.7 Å². The lowest BCUT2D eigenvalue weighted by molar-refractivity contribution is 0.0973. The molecular weight excluding hydrogens is 434 g/mol. The van der Waals surface area contributed by atoms with E-state index < -0.39 is 0 Å². The molecule has 0 radical (unpaired) electrons. The summed E-state index contributed by atoms with van der Waals surface area (Å²) in [5.74, 6) is 1.28. The first-order valence-electron chi connectivity index (χ1n) is 11.0. The first-order chi connectivity index (χ1) is 16.2. The average Bonchev–Trinajstić information content (AvgIpc) is 2.88. The summed E-state index contributed by atoms with van der Waals surface area (Å²) in [4.78, 5) is 17.0. The summed E-state index contributed by atoms with van der Waals surface area (Å²) in [7, 11) is 0. The minimum atomic E-state index is -0.218. The van der Waals surface area contributed by atoms with Gasteiger partial charge in [0.2, 0.25) is 0 Å². The van der Waals surface area contributed by atoms with Crippen LogP contribution in [0.25, 0.3) is 0 Å². The van der Waals surface area contributed by atoms with E-state index in [1.54, 1.807) is 24.3 Å². The van der Waals surface area contributed by atoms with Crippen LogP contribution in [-0.2, 0) is 0 Å². The number of benzene rings is 3. The van der Waals surface area contributed by atoms with Gasteiger partial charge in [-0.05, 0) is 60.7 Å². The summed E-state index contributed by atoms with van der Waals surface area (Å²) in [5.41, 5.74) is 1.74. The van der Waals surface area contributed by atoms with Crippen molar-refractivity contribution in [1.82, 2.24) is 10.2 Å². The van der Waals surface area contributed by atoms with Crippen molar-refractivity contribution in [2.24, 2.45) is 0 Å². The maximum absolute atomic E-state index is 12.6. The molecule has 0 aliphatic carbocycles. The maximum Gasteiger partial charge on any atom is 0.257 e. The van der Waals surface area contributed by atoms with Gasteiger partial charge in [0, 0.05) is 37.4 Å². The number of carbonyl (C=O) groups excluding carboxylic acids is 1. The number of hydrogen-bond donors (Lipinski definition) is 1. The third kappa shape index (κ3) is 6.46. The fraction of sp³-hybridized carbons (Fsp3) is 0.231. The van der Waals surface area contributed by atoms with Crippen LogP contribution in [0, 0.1) is 0 Å². The zero-order chi connectivity index (χ0) is 22.9. The molecule has 1 N–H and O–H groups in total. The van der Waals surface area contributed by atoms with Crippen LogP contribution in [0.1, 0.15) is 10.4 Å². The Kier molecular flexibility index (Phi) is 7.76. The molecule has 6 nitrogen and oxygen atoms in total. The molecule has 1 aliphatic rings. The highest BCUT2D eigenvalue weighted by Gasteiger charge is 2.20. The maximum atomic E-state index is 12.6. The van der Waals surface area contributed by atoms with E-state index in [4.69, 9.17) is 21.7 Å². The SMILES string of the molecule is O=C(NC(=S)N1CCN(c2ccccc2)CC1)c1ccc(OCCOc2ccccc2)cc1. The van der Waals surface area contributed by atoms with Gasteiger partial charge in [-0.15, -0.1) is 0 Å². The van der Waals surface area contributed by atoms with Crippen LogP contribution in [0.3, 0.4) is 0 Å². The number of hydrogen-bond acceptors (Lipinski definition) is 5. The number of anilines is 1. The van der Waals surface area contributed by atoms with Crippen molar-refractivity contribution >= 4 is 28.9 Å². The van der Waals surface area contributed by atoms with Gasteiger partial charge in [0.05, 0.1) is 0 Å². The van der Waals surface area contributed by atoms with Crippen LogP contribution in [0.5, 0.6) is 11.5 Å². The molecule has 0 atom stereocenters. The Hall–Kier alpha value is -3.58. The smallest absolute Gasteiger partial charge is 0.257 e. The van der Waals surface area contributed by atoms with Gasteiger partial charge in [0.15, 0.2) is 5.11 Å². The fourth-order valence-electron chi connectivity index (χ4n) is 3.59. The molecule has 7 heteroatoms. The number of para-hydroxylation sites is 2. The van der Waals surface area contributed by atoms with Gasteiger partial charge < -0.3 is 19.3 Å². The van der Waals surface area contributed by atoms with Crippen molar-refractivity contribution in [2.45, 2.75) is 0 Å². The lowest BCUT2D eigenvalue weighted by Crippen LogP contribution is -2.52. The zero-order valence-electron chi connectivity index (χ0n) is 18.4. The number of nitrogens with zero attached hydrogens (tertiary/aromatic N) is 2. The van der Waals surface area contributed by atoms with Gasteiger partial charge in [-0.2, -0.15) is 0 Å². The van der Waals surface area contributed by atoms with Gasteiger partial charge in [-0.3, -0.25) is 10.1 Å². The molecule has 0 spiro atoms. The van der Waals surface area contributed by atoms with E-state index in [0.717, 1.165) is 31.9 Å². The predicted molar refractivity (Wildman–Crippen MR) is 134 cm³/mol. The molecular formula is C26H27N3O3S. The molecule has 3 aromatic carbocycles. The molecule has 0 unspecified atom stereocenters. The lowest BCUT2D eigenvalue weighted by Gasteiger charge is -2.37. The molecule has 0 aromatic heterocycles. The van der Waals surface area contributed by atoms with Crippen molar-refractivity contribution in [3.63, 3.8) is 0 Å². The second-order valence-electron chi connectivity index (χ2n) is 7.60. The molecule has 0 bridgehead atoms. The molecule has 1 fully saturated rings. The summed E-state index contributed by atoms with van der Waals surface area (Å²) in [6.45, 7) is 4.12. The van der Waals surface area contributed by atoms with Crippen LogP contribution in [0.15, 0.2) is 84.9 Å². The van der Waals surface area contributed by atoms with E-state index in [1.165, 1.54) is 5.69 Å². The Bertz CT molecular complexity index is 1040. The lowest BCUT2D eigenvalue weighted by atomic mass is 10.2. The summed E-state index contributed by atoms with van der Waals surface area (Å²) in [6.07, 6.45) is 0.